The molecule has 0 unspecified atom stereocenters. The normalized spacial score (nSPS) is 19.6. The topological polar surface area (TPSA) is 114 Å². The molecule has 0 spiro atoms. The highest BCUT2D eigenvalue weighted by molar-refractivity contribution is 5.82. The lowest BCUT2D eigenvalue weighted by Gasteiger charge is -2.24. The van der Waals surface area contributed by atoms with E-state index in [2.05, 4.69) is 34.9 Å². The second-order valence-corrected chi connectivity index (χ2v) is 9.50. The Morgan fingerprint density at radius 2 is 1.69 bits per heavy atom. The van der Waals surface area contributed by atoms with Gasteiger partial charge in [0.1, 0.15) is 12.7 Å². The summed E-state index contributed by atoms with van der Waals surface area (Å²) in [6.45, 7) is 4.58. The third-order valence-electron chi connectivity index (χ3n) is 6.85. The fourth-order valence-electron chi connectivity index (χ4n) is 4.90. The molecule has 3 N–H and O–H groups in total. The van der Waals surface area contributed by atoms with Crippen LogP contribution in [0.25, 0.3) is 11.1 Å². The van der Waals surface area contributed by atoms with Crippen molar-refractivity contribution in [3.63, 3.8) is 0 Å². The molecule has 0 saturated carbocycles. The lowest BCUT2D eigenvalue weighted by Crippen LogP contribution is -2.48. The number of nitrogens with one attached hydrogen (secondary N) is 2. The summed E-state index contributed by atoms with van der Waals surface area (Å²) >= 11 is 0. The van der Waals surface area contributed by atoms with Crippen LogP contribution in [0.2, 0.25) is 0 Å². The van der Waals surface area contributed by atoms with Crippen molar-refractivity contribution in [3.8, 4) is 11.1 Å². The lowest BCUT2D eigenvalue weighted by atomic mass is 9.97. The number of rotatable bonds is 9. The van der Waals surface area contributed by atoms with E-state index in [1.165, 1.54) is 0 Å². The Kier molecular flexibility index (Phi) is 7.70. The van der Waals surface area contributed by atoms with Crippen LogP contribution in [0.3, 0.4) is 0 Å². The quantitative estimate of drug-likeness (QED) is 0.506. The van der Waals surface area contributed by atoms with Gasteiger partial charge in [0.05, 0.1) is 6.42 Å². The number of amides is 2. The maximum atomic E-state index is 12.8. The van der Waals surface area contributed by atoms with E-state index in [1.807, 2.05) is 38.1 Å². The fraction of sp³-hybridized carbons (Fsp3) is 0.444. The predicted molar refractivity (Wildman–Crippen MR) is 130 cm³/mol. The number of carboxylic acids is 1. The maximum absolute atomic E-state index is 12.8. The summed E-state index contributed by atoms with van der Waals surface area (Å²) in [7, 11) is 0. The van der Waals surface area contributed by atoms with E-state index in [1.54, 1.807) is 0 Å². The van der Waals surface area contributed by atoms with Crippen molar-refractivity contribution in [2.45, 2.75) is 44.8 Å². The van der Waals surface area contributed by atoms with Crippen molar-refractivity contribution in [3.05, 3.63) is 59.7 Å². The Morgan fingerprint density at radius 1 is 1.06 bits per heavy atom. The zero-order chi connectivity index (χ0) is 24.9. The number of fused-ring (bicyclic) bond motifs is 3. The Labute approximate surface area is 205 Å². The van der Waals surface area contributed by atoms with E-state index in [0.717, 1.165) is 22.3 Å². The van der Waals surface area contributed by atoms with Crippen molar-refractivity contribution >= 4 is 18.0 Å². The van der Waals surface area contributed by atoms with E-state index >= 15 is 0 Å². The number of hydrogen-bond donors (Lipinski definition) is 3. The molecule has 2 aromatic rings. The molecule has 1 heterocycles. The first-order valence-electron chi connectivity index (χ1n) is 12.1. The fourth-order valence-corrected chi connectivity index (χ4v) is 4.90. The summed E-state index contributed by atoms with van der Waals surface area (Å²) in [4.78, 5) is 36.4. The molecule has 0 bridgehead atoms. The van der Waals surface area contributed by atoms with Crippen molar-refractivity contribution in [2.24, 2.45) is 11.8 Å². The highest BCUT2D eigenvalue weighted by Gasteiger charge is 2.36. The first-order chi connectivity index (χ1) is 16.8. The molecular weight excluding hydrogens is 448 g/mol. The molecule has 8 nitrogen and oxygen atoms in total. The van der Waals surface area contributed by atoms with Crippen LogP contribution >= 0.6 is 0 Å². The van der Waals surface area contributed by atoms with Gasteiger partial charge in [-0.3, -0.25) is 9.59 Å². The average molecular weight is 481 g/mol. The van der Waals surface area contributed by atoms with Gasteiger partial charge < -0.3 is 25.2 Å². The molecule has 2 aliphatic rings. The van der Waals surface area contributed by atoms with E-state index in [9.17, 15) is 14.4 Å². The van der Waals surface area contributed by atoms with Gasteiger partial charge in [-0.15, -0.1) is 0 Å². The number of hydrogen-bond acceptors (Lipinski definition) is 5. The summed E-state index contributed by atoms with van der Waals surface area (Å²) in [5, 5.41) is 14.7. The van der Waals surface area contributed by atoms with Crippen LogP contribution < -0.4 is 10.6 Å². The lowest BCUT2D eigenvalue weighted by molar-refractivity contribution is -0.138. The molecule has 0 aromatic heterocycles. The first-order valence-corrected chi connectivity index (χ1v) is 12.1. The molecule has 2 aromatic carbocycles. The number of carbonyl (C=O) groups excluding carboxylic acids is 2. The largest absolute Gasteiger partial charge is 0.481 e. The van der Waals surface area contributed by atoms with Gasteiger partial charge in [0.15, 0.2) is 0 Å². The summed E-state index contributed by atoms with van der Waals surface area (Å²) in [5.41, 5.74) is 4.61. The van der Waals surface area contributed by atoms with Crippen molar-refractivity contribution in [1.82, 2.24) is 10.6 Å². The summed E-state index contributed by atoms with van der Waals surface area (Å²) in [5.74, 6) is -1.59. The molecule has 186 valence electrons. The van der Waals surface area contributed by atoms with Crippen LogP contribution in [0.1, 0.15) is 43.7 Å². The third kappa shape index (κ3) is 5.65. The van der Waals surface area contributed by atoms with Crippen molar-refractivity contribution in [1.29, 1.82) is 0 Å². The monoisotopic (exact) mass is 480 g/mol. The number of aliphatic carboxylic acids is 1. The van der Waals surface area contributed by atoms with Crippen molar-refractivity contribution in [2.75, 3.05) is 19.8 Å². The molecule has 1 aliphatic carbocycles. The molecule has 4 rings (SSSR count). The first kappa shape index (κ1) is 24.7. The SMILES string of the molecule is CC(C)[C@@H](CC(=O)O)NC(=O)[C@H]1OCC[C@H]1CNC(=O)OCC1c2ccccc2-c2ccccc21. The molecular formula is C27H32N2O6. The molecule has 0 radical (unpaired) electrons. The molecule has 3 atom stereocenters. The minimum Gasteiger partial charge on any atom is -0.481 e. The second kappa shape index (κ2) is 10.9. The average Bonchev–Trinajstić information content (AvgIpc) is 3.43. The molecule has 1 saturated heterocycles. The molecule has 1 fully saturated rings. The minimum atomic E-state index is -0.968. The zero-order valence-corrected chi connectivity index (χ0v) is 20.0. The zero-order valence-electron chi connectivity index (χ0n) is 20.0. The molecule has 8 heteroatoms. The third-order valence-corrected chi connectivity index (χ3v) is 6.85. The van der Waals surface area contributed by atoms with Crippen LogP contribution in [0.15, 0.2) is 48.5 Å². The molecule has 2 amide bonds. The summed E-state index contributed by atoms with van der Waals surface area (Å²) < 4.78 is 11.2. The van der Waals surface area contributed by atoms with E-state index < -0.39 is 24.2 Å². The van der Waals surface area contributed by atoms with Crippen LogP contribution in [0, 0.1) is 11.8 Å². The Hall–Kier alpha value is -3.39. The van der Waals surface area contributed by atoms with Gasteiger partial charge in [-0.25, -0.2) is 4.79 Å². The standard InChI is InChI=1S/C27H32N2O6/c1-16(2)23(13-24(30)31)29-26(32)25-17(11-12-34-25)14-28-27(33)35-15-22-20-9-5-3-7-18(20)19-8-4-6-10-21(19)22/h3-10,16-17,22-23,25H,11-15H2,1-2H3,(H,28,33)(H,29,32)(H,30,31)/t17-,23+,25-/m0/s1. The number of benzene rings is 2. The van der Waals surface area contributed by atoms with Gasteiger partial charge in [0.2, 0.25) is 5.91 Å². The van der Waals surface area contributed by atoms with Crippen LogP contribution in [-0.4, -0.2) is 55.0 Å². The van der Waals surface area contributed by atoms with Crippen molar-refractivity contribution < 1.29 is 29.0 Å². The summed E-state index contributed by atoms with van der Waals surface area (Å²) in [6, 6.07) is 15.8. The second-order valence-electron chi connectivity index (χ2n) is 9.50. The van der Waals surface area contributed by atoms with E-state index in [0.29, 0.717) is 13.0 Å². The van der Waals surface area contributed by atoms with E-state index in [-0.39, 0.29) is 43.2 Å². The van der Waals surface area contributed by atoms with Crippen LogP contribution in [-0.2, 0) is 19.1 Å². The molecule has 35 heavy (non-hydrogen) atoms. The number of ether oxygens (including phenoxy) is 2. The molecule has 1 aliphatic heterocycles. The van der Waals surface area contributed by atoms with E-state index in [4.69, 9.17) is 14.6 Å². The van der Waals surface area contributed by atoms with Gasteiger partial charge in [-0.1, -0.05) is 62.4 Å². The van der Waals surface area contributed by atoms with Gasteiger partial charge in [-0.05, 0) is 34.6 Å². The Balaban J connectivity index is 1.30. The summed E-state index contributed by atoms with van der Waals surface area (Å²) in [6.07, 6.45) is -0.811. The highest BCUT2D eigenvalue weighted by Crippen LogP contribution is 2.44. The smallest absolute Gasteiger partial charge is 0.407 e. The Morgan fingerprint density at radius 3 is 2.29 bits per heavy atom. The van der Waals surface area contributed by atoms with Gasteiger partial charge >= 0.3 is 12.1 Å². The highest BCUT2D eigenvalue weighted by atomic mass is 16.5. The number of alkyl carbamates (subject to hydrolysis) is 1. The number of carbonyl (C=O) groups is 3. The van der Waals surface area contributed by atoms with Crippen LogP contribution in [0.5, 0.6) is 0 Å². The van der Waals surface area contributed by atoms with Gasteiger partial charge in [-0.2, -0.15) is 0 Å². The van der Waals surface area contributed by atoms with Crippen LogP contribution in [0.4, 0.5) is 4.79 Å². The number of carboxylic acid groups (broad SMARTS) is 1. The minimum absolute atomic E-state index is 0.0244. The predicted octanol–water partition coefficient (Wildman–Crippen LogP) is 3.55. The maximum Gasteiger partial charge on any atom is 0.407 e. The Bertz CT molecular complexity index is 1040. The van der Waals surface area contributed by atoms with Gasteiger partial charge in [0.25, 0.3) is 0 Å². The van der Waals surface area contributed by atoms with Gasteiger partial charge in [0, 0.05) is 31.0 Å².